The van der Waals surface area contributed by atoms with Crippen molar-refractivity contribution in [3.05, 3.63) is 59.7 Å². The summed E-state index contributed by atoms with van der Waals surface area (Å²) in [6, 6.07) is 10.6. The number of hydrogen-bond donors (Lipinski definition) is 2. The second-order valence-electron chi connectivity index (χ2n) is 4.91. The molecular weight excluding hydrogens is 316 g/mol. The second kappa shape index (κ2) is 8.05. The first-order valence-electron chi connectivity index (χ1n) is 7.16. The van der Waals surface area contributed by atoms with Gasteiger partial charge in [0.1, 0.15) is 5.75 Å². The average molecular weight is 333 g/mol. The van der Waals surface area contributed by atoms with Gasteiger partial charge >= 0.3 is 0 Å². The smallest absolute Gasteiger partial charge is 0.259 e. The number of anilines is 1. The van der Waals surface area contributed by atoms with Gasteiger partial charge < -0.3 is 10.1 Å². The molecule has 0 radical (unpaired) electrons. The highest BCUT2D eigenvalue weighted by molar-refractivity contribution is 5.99. The van der Waals surface area contributed by atoms with E-state index in [0.29, 0.717) is 22.7 Å². The fourth-order valence-corrected chi connectivity index (χ4v) is 1.94. The van der Waals surface area contributed by atoms with Crippen molar-refractivity contribution in [3.63, 3.8) is 0 Å². The molecule has 0 saturated carbocycles. The zero-order chi connectivity index (χ0) is 17.5. The average Bonchev–Trinajstić information content (AvgIpc) is 2.60. The summed E-state index contributed by atoms with van der Waals surface area (Å²) in [6.45, 7) is 1.57. The Morgan fingerprint density at radius 1 is 1.17 bits per heavy atom. The van der Waals surface area contributed by atoms with Gasteiger partial charge in [-0.1, -0.05) is 12.1 Å². The first kappa shape index (κ1) is 17.4. The molecule has 1 amide bonds. The van der Waals surface area contributed by atoms with Crippen LogP contribution < -0.4 is 15.5 Å². The summed E-state index contributed by atoms with van der Waals surface area (Å²) < 4.78 is 31.2. The number of carbonyl (C=O) groups is 1. The first-order chi connectivity index (χ1) is 11.5. The lowest BCUT2D eigenvalue weighted by atomic mass is 10.1. The van der Waals surface area contributed by atoms with Crippen LogP contribution >= 0.6 is 0 Å². The number of ether oxygens (including phenoxy) is 1. The number of hydrogen-bond acceptors (Lipinski definition) is 4. The molecule has 5 nitrogen and oxygen atoms in total. The minimum Gasteiger partial charge on any atom is -0.495 e. The Morgan fingerprint density at radius 2 is 1.92 bits per heavy atom. The minimum absolute atomic E-state index is 0.0189. The van der Waals surface area contributed by atoms with Crippen LogP contribution in [0.2, 0.25) is 0 Å². The van der Waals surface area contributed by atoms with E-state index in [1.54, 1.807) is 19.1 Å². The van der Waals surface area contributed by atoms with Gasteiger partial charge in [-0.15, -0.1) is 0 Å². The van der Waals surface area contributed by atoms with Crippen LogP contribution in [0.15, 0.2) is 47.6 Å². The van der Waals surface area contributed by atoms with Crippen molar-refractivity contribution in [2.45, 2.75) is 6.92 Å². The van der Waals surface area contributed by atoms with Gasteiger partial charge in [0.25, 0.3) is 5.91 Å². The highest BCUT2D eigenvalue weighted by atomic mass is 19.2. The van der Waals surface area contributed by atoms with E-state index >= 15 is 0 Å². The number of rotatable bonds is 6. The van der Waals surface area contributed by atoms with Gasteiger partial charge in [-0.2, -0.15) is 5.10 Å². The number of para-hydroxylation sites is 2. The molecule has 2 rings (SSSR count). The monoisotopic (exact) mass is 333 g/mol. The number of halogens is 2. The van der Waals surface area contributed by atoms with Crippen molar-refractivity contribution in [2.75, 3.05) is 19.0 Å². The number of methoxy groups -OCH3 is 1. The summed E-state index contributed by atoms with van der Waals surface area (Å²) in [6.07, 6.45) is 0. The molecule has 0 unspecified atom stereocenters. The van der Waals surface area contributed by atoms with Crippen LogP contribution in [0.5, 0.6) is 5.75 Å². The number of benzene rings is 2. The lowest BCUT2D eigenvalue weighted by molar-refractivity contribution is -0.119. The van der Waals surface area contributed by atoms with Gasteiger partial charge in [0.15, 0.2) is 11.6 Å². The Balaban J connectivity index is 1.93. The van der Waals surface area contributed by atoms with E-state index in [2.05, 4.69) is 15.8 Å². The number of nitrogens with one attached hydrogen (secondary N) is 2. The third kappa shape index (κ3) is 4.52. The maximum absolute atomic E-state index is 13.2. The molecule has 2 N–H and O–H groups in total. The summed E-state index contributed by atoms with van der Waals surface area (Å²) in [4.78, 5) is 11.8. The Bertz CT molecular complexity index is 763. The molecule has 24 heavy (non-hydrogen) atoms. The molecule has 0 aliphatic rings. The molecule has 126 valence electrons. The Hall–Kier alpha value is -2.96. The van der Waals surface area contributed by atoms with Crippen LogP contribution in [0.3, 0.4) is 0 Å². The highest BCUT2D eigenvalue weighted by Gasteiger charge is 2.07. The zero-order valence-corrected chi connectivity index (χ0v) is 13.3. The fraction of sp³-hybridized carbons (Fsp3) is 0.176. The maximum atomic E-state index is 13.2. The summed E-state index contributed by atoms with van der Waals surface area (Å²) >= 11 is 0. The Labute approximate surface area is 138 Å². The van der Waals surface area contributed by atoms with E-state index < -0.39 is 11.6 Å². The van der Waals surface area contributed by atoms with Crippen LogP contribution in [0, 0.1) is 11.6 Å². The Kier molecular flexibility index (Phi) is 5.83. The van der Waals surface area contributed by atoms with Crippen LogP contribution in [0.1, 0.15) is 12.5 Å². The molecule has 0 fully saturated rings. The van der Waals surface area contributed by atoms with Crippen molar-refractivity contribution in [2.24, 2.45) is 5.10 Å². The Morgan fingerprint density at radius 3 is 2.62 bits per heavy atom. The molecular formula is C17H17F2N3O2. The lowest BCUT2D eigenvalue weighted by Gasteiger charge is -2.10. The predicted octanol–water partition coefficient (Wildman–Crippen LogP) is 2.93. The molecule has 2 aromatic rings. The van der Waals surface area contributed by atoms with E-state index in [-0.39, 0.29) is 12.5 Å². The maximum Gasteiger partial charge on any atom is 0.259 e. The molecule has 0 saturated heterocycles. The van der Waals surface area contributed by atoms with E-state index in [0.717, 1.165) is 12.1 Å². The van der Waals surface area contributed by atoms with Gasteiger partial charge in [0.05, 0.1) is 25.1 Å². The molecule has 7 heteroatoms. The molecule has 0 spiro atoms. The van der Waals surface area contributed by atoms with E-state index in [1.807, 2.05) is 12.1 Å². The minimum atomic E-state index is -0.966. The standard InChI is InChI=1S/C17H17F2N3O2/c1-11(12-7-8-13(18)14(19)9-12)21-22-17(23)10-20-15-5-3-4-6-16(15)24-2/h3-9,20H,10H2,1-2H3,(H,22,23)/b21-11+. The zero-order valence-electron chi connectivity index (χ0n) is 13.3. The molecule has 0 atom stereocenters. The van der Waals surface area contributed by atoms with Gasteiger partial charge in [-0.3, -0.25) is 4.79 Å². The number of nitrogens with zero attached hydrogens (tertiary/aromatic N) is 1. The molecule has 0 aliphatic carbocycles. The first-order valence-corrected chi connectivity index (χ1v) is 7.16. The van der Waals surface area contributed by atoms with Gasteiger partial charge in [0, 0.05) is 5.56 Å². The van der Waals surface area contributed by atoms with Gasteiger partial charge in [-0.05, 0) is 37.3 Å². The van der Waals surface area contributed by atoms with E-state index in [1.165, 1.54) is 13.2 Å². The normalized spacial score (nSPS) is 11.1. The summed E-state index contributed by atoms with van der Waals surface area (Å²) in [5.74, 6) is -1.67. The number of carbonyl (C=O) groups excluding carboxylic acids is 1. The van der Waals surface area contributed by atoms with Crippen molar-refractivity contribution in [1.82, 2.24) is 5.43 Å². The van der Waals surface area contributed by atoms with E-state index in [9.17, 15) is 13.6 Å². The van der Waals surface area contributed by atoms with Crippen molar-refractivity contribution in [1.29, 1.82) is 0 Å². The predicted molar refractivity (Wildman–Crippen MR) is 88.2 cm³/mol. The summed E-state index contributed by atoms with van der Waals surface area (Å²) in [5, 5.41) is 6.80. The number of hydrazone groups is 1. The SMILES string of the molecule is COc1ccccc1NCC(=O)N/N=C(\C)c1ccc(F)c(F)c1. The molecule has 0 bridgehead atoms. The summed E-state index contributed by atoms with van der Waals surface area (Å²) in [7, 11) is 1.54. The van der Waals surface area contributed by atoms with Crippen molar-refractivity contribution < 1.29 is 18.3 Å². The lowest BCUT2D eigenvalue weighted by Crippen LogP contribution is -2.26. The third-order valence-corrected chi connectivity index (χ3v) is 3.23. The molecule has 2 aromatic carbocycles. The second-order valence-corrected chi connectivity index (χ2v) is 4.91. The highest BCUT2D eigenvalue weighted by Crippen LogP contribution is 2.22. The van der Waals surface area contributed by atoms with Crippen molar-refractivity contribution in [3.8, 4) is 5.75 Å². The van der Waals surface area contributed by atoms with Gasteiger partial charge in [0.2, 0.25) is 0 Å². The molecule has 0 aliphatic heterocycles. The molecule has 0 heterocycles. The third-order valence-electron chi connectivity index (χ3n) is 3.23. The van der Waals surface area contributed by atoms with Crippen LogP contribution in [0.25, 0.3) is 0 Å². The largest absolute Gasteiger partial charge is 0.495 e. The van der Waals surface area contributed by atoms with Crippen LogP contribution in [0.4, 0.5) is 14.5 Å². The van der Waals surface area contributed by atoms with Crippen LogP contribution in [-0.2, 0) is 4.79 Å². The van der Waals surface area contributed by atoms with Gasteiger partial charge in [-0.25, -0.2) is 14.2 Å². The summed E-state index contributed by atoms with van der Waals surface area (Å²) in [5.41, 5.74) is 3.77. The fourth-order valence-electron chi connectivity index (χ4n) is 1.94. The van der Waals surface area contributed by atoms with E-state index in [4.69, 9.17) is 4.74 Å². The topological polar surface area (TPSA) is 62.7 Å². The van der Waals surface area contributed by atoms with Crippen LogP contribution in [-0.4, -0.2) is 25.3 Å². The number of amides is 1. The molecule has 0 aromatic heterocycles. The quantitative estimate of drug-likeness (QED) is 0.631. The van der Waals surface area contributed by atoms with Crippen molar-refractivity contribution >= 4 is 17.3 Å².